The highest BCUT2D eigenvalue weighted by molar-refractivity contribution is 6.30. The summed E-state index contributed by atoms with van der Waals surface area (Å²) in [6.45, 7) is 5.15. The van der Waals surface area contributed by atoms with Crippen molar-refractivity contribution < 1.29 is 9.47 Å². The Kier molecular flexibility index (Phi) is 5.59. The molecule has 0 unspecified atom stereocenters. The summed E-state index contributed by atoms with van der Waals surface area (Å²) < 4.78 is 11.3. The number of halogens is 1. The number of benzene rings is 1. The van der Waals surface area contributed by atoms with E-state index in [0.29, 0.717) is 42.5 Å². The van der Waals surface area contributed by atoms with E-state index in [2.05, 4.69) is 30.4 Å². The monoisotopic (exact) mass is 400 g/mol. The summed E-state index contributed by atoms with van der Waals surface area (Å²) in [5.41, 5.74) is 1.91. The van der Waals surface area contributed by atoms with Gasteiger partial charge in [0.2, 0.25) is 0 Å². The zero-order valence-corrected chi connectivity index (χ0v) is 16.2. The molecule has 1 aromatic carbocycles. The Morgan fingerprint density at radius 3 is 2.79 bits per heavy atom. The van der Waals surface area contributed by atoms with E-state index in [9.17, 15) is 0 Å². The molecule has 1 fully saturated rings. The van der Waals surface area contributed by atoms with Gasteiger partial charge in [-0.25, -0.2) is 0 Å². The molecule has 0 aliphatic carbocycles. The molecular weight excluding hydrogens is 380 g/mol. The smallest absolute Gasteiger partial charge is 0.320 e. The Labute approximate surface area is 167 Å². The molecule has 146 valence electrons. The van der Waals surface area contributed by atoms with Gasteiger partial charge in [0.25, 0.3) is 0 Å². The van der Waals surface area contributed by atoms with Gasteiger partial charge < -0.3 is 19.7 Å². The highest BCUT2D eigenvalue weighted by Crippen LogP contribution is 2.23. The molecule has 0 saturated carbocycles. The fourth-order valence-corrected chi connectivity index (χ4v) is 3.10. The van der Waals surface area contributed by atoms with Gasteiger partial charge in [0.1, 0.15) is 18.2 Å². The van der Waals surface area contributed by atoms with E-state index >= 15 is 0 Å². The number of morpholine rings is 1. The lowest BCUT2D eigenvalue weighted by Gasteiger charge is -2.28. The topological polar surface area (TPSA) is 88.2 Å². The molecule has 2 N–H and O–H groups in total. The van der Waals surface area contributed by atoms with Gasteiger partial charge in [0.15, 0.2) is 5.82 Å². The van der Waals surface area contributed by atoms with E-state index in [4.69, 9.17) is 21.1 Å². The summed E-state index contributed by atoms with van der Waals surface area (Å²) in [6.07, 6.45) is 0. The Hall–Kier alpha value is -2.84. The highest BCUT2D eigenvalue weighted by atomic mass is 35.5. The van der Waals surface area contributed by atoms with Crippen molar-refractivity contribution >= 4 is 29.1 Å². The van der Waals surface area contributed by atoms with E-state index in [1.165, 1.54) is 0 Å². The maximum absolute atomic E-state index is 6.05. The van der Waals surface area contributed by atoms with Gasteiger partial charge in [-0.15, -0.1) is 0 Å². The summed E-state index contributed by atoms with van der Waals surface area (Å²) in [5.74, 6) is 2.09. The summed E-state index contributed by atoms with van der Waals surface area (Å²) in [6, 6.07) is 11.6. The van der Waals surface area contributed by atoms with Gasteiger partial charge >= 0.3 is 6.01 Å². The number of nitrogens with one attached hydrogen (secondary N) is 2. The van der Waals surface area contributed by atoms with Crippen LogP contribution in [0, 0.1) is 6.92 Å². The SMILES string of the molecule is Cc1cc(Nc2cc(N3CCOCC3)nc(OCc3cccc(Cl)c3)n2)n[nH]1. The predicted octanol–water partition coefficient (Wildman–Crippen LogP) is 3.32. The number of hydrogen-bond acceptors (Lipinski definition) is 7. The lowest BCUT2D eigenvalue weighted by molar-refractivity contribution is 0.122. The average Bonchev–Trinajstić information content (AvgIpc) is 3.11. The number of hydrogen-bond donors (Lipinski definition) is 2. The van der Waals surface area contributed by atoms with Gasteiger partial charge in [-0.05, 0) is 24.6 Å². The van der Waals surface area contributed by atoms with Gasteiger partial charge in [0.05, 0.1) is 13.2 Å². The van der Waals surface area contributed by atoms with E-state index in [1.807, 2.05) is 43.3 Å². The number of aromatic amines is 1. The molecule has 0 amide bonds. The minimum atomic E-state index is 0.290. The zero-order chi connectivity index (χ0) is 19.3. The third-order valence-corrected chi connectivity index (χ3v) is 4.48. The van der Waals surface area contributed by atoms with Crippen molar-refractivity contribution in [3.8, 4) is 6.01 Å². The quantitative estimate of drug-likeness (QED) is 0.656. The molecule has 0 spiro atoms. The van der Waals surface area contributed by atoms with Crippen molar-refractivity contribution in [2.75, 3.05) is 36.5 Å². The van der Waals surface area contributed by atoms with Crippen LogP contribution in [0.4, 0.5) is 17.5 Å². The lowest BCUT2D eigenvalue weighted by Crippen LogP contribution is -2.36. The second-order valence-corrected chi connectivity index (χ2v) is 6.91. The average molecular weight is 401 g/mol. The standard InChI is InChI=1S/C19H21ClN6O2/c1-13-9-17(25-24-13)21-16-11-18(26-5-7-27-8-6-26)23-19(22-16)28-12-14-3-2-4-15(20)10-14/h2-4,9-11H,5-8,12H2,1H3,(H2,21,22,23,24,25). The largest absolute Gasteiger partial charge is 0.458 e. The van der Waals surface area contributed by atoms with Crippen molar-refractivity contribution in [1.29, 1.82) is 0 Å². The third kappa shape index (κ3) is 4.71. The van der Waals surface area contributed by atoms with Gasteiger partial charge in [-0.2, -0.15) is 15.1 Å². The minimum Gasteiger partial charge on any atom is -0.458 e. The molecule has 3 heterocycles. The Balaban J connectivity index is 1.57. The predicted molar refractivity (Wildman–Crippen MR) is 107 cm³/mol. The lowest BCUT2D eigenvalue weighted by atomic mass is 10.2. The summed E-state index contributed by atoms with van der Waals surface area (Å²) in [7, 11) is 0. The van der Waals surface area contributed by atoms with E-state index in [-0.39, 0.29) is 0 Å². The molecule has 2 aromatic heterocycles. The molecular formula is C19H21ClN6O2. The first-order valence-electron chi connectivity index (χ1n) is 9.04. The molecule has 8 nitrogen and oxygen atoms in total. The van der Waals surface area contributed by atoms with Crippen LogP contribution in [-0.2, 0) is 11.3 Å². The molecule has 0 bridgehead atoms. The first-order chi connectivity index (χ1) is 13.7. The molecule has 9 heteroatoms. The number of H-pyrrole nitrogens is 1. The zero-order valence-electron chi connectivity index (χ0n) is 15.5. The molecule has 1 saturated heterocycles. The van der Waals surface area contributed by atoms with Gasteiger partial charge in [-0.1, -0.05) is 23.7 Å². The van der Waals surface area contributed by atoms with Crippen molar-refractivity contribution in [3.63, 3.8) is 0 Å². The molecule has 1 aliphatic heterocycles. The van der Waals surface area contributed by atoms with E-state index in [1.54, 1.807) is 0 Å². The number of aromatic nitrogens is 4. The van der Waals surface area contributed by atoms with Gasteiger partial charge in [-0.3, -0.25) is 5.10 Å². The number of ether oxygens (including phenoxy) is 2. The summed E-state index contributed by atoms with van der Waals surface area (Å²) in [4.78, 5) is 11.2. The fraction of sp³-hybridized carbons (Fsp3) is 0.316. The van der Waals surface area contributed by atoms with Crippen LogP contribution in [0.15, 0.2) is 36.4 Å². The van der Waals surface area contributed by atoms with E-state index in [0.717, 1.165) is 30.2 Å². The highest BCUT2D eigenvalue weighted by Gasteiger charge is 2.16. The van der Waals surface area contributed by atoms with Crippen LogP contribution in [0.3, 0.4) is 0 Å². The van der Waals surface area contributed by atoms with Crippen molar-refractivity contribution in [2.45, 2.75) is 13.5 Å². The van der Waals surface area contributed by atoms with Crippen LogP contribution in [0.5, 0.6) is 6.01 Å². The first kappa shape index (κ1) is 18.5. The van der Waals surface area contributed by atoms with E-state index < -0.39 is 0 Å². The molecule has 3 aromatic rings. The second kappa shape index (κ2) is 8.45. The van der Waals surface area contributed by atoms with Gasteiger partial charge in [0, 0.05) is 35.9 Å². The van der Waals surface area contributed by atoms with Crippen LogP contribution in [0.2, 0.25) is 5.02 Å². The summed E-state index contributed by atoms with van der Waals surface area (Å²) >= 11 is 6.05. The molecule has 1 aliphatic rings. The summed E-state index contributed by atoms with van der Waals surface area (Å²) in [5, 5.41) is 11.0. The van der Waals surface area contributed by atoms with Crippen molar-refractivity contribution in [3.05, 3.63) is 52.7 Å². The number of aryl methyl sites for hydroxylation is 1. The van der Waals surface area contributed by atoms with Crippen LogP contribution >= 0.6 is 11.6 Å². The van der Waals surface area contributed by atoms with Crippen LogP contribution in [0.1, 0.15) is 11.3 Å². The third-order valence-electron chi connectivity index (χ3n) is 4.25. The van der Waals surface area contributed by atoms with Crippen molar-refractivity contribution in [2.24, 2.45) is 0 Å². The number of anilines is 3. The van der Waals surface area contributed by atoms with Crippen molar-refractivity contribution in [1.82, 2.24) is 20.2 Å². The number of nitrogens with zero attached hydrogens (tertiary/aromatic N) is 4. The van der Waals surface area contributed by atoms with Crippen LogP contribution in [-0.4, -0.2) is 46.5 Å². The normalized spacial score (nSPS) is 14.1. The fourth-order valence-electron chi connectivity index (χ4n) is 2.88. The minimum absolute atomic E-state index is 0.290. The Bertz CT molecular complexity index is 942. The molecule has 4 rings (SSSR count). The second-order valence-electron chi connectivity index (χ2n) is 6.47. The number of rotatable bonds is 6. The molecule has 0 atom stereocenters. The Morgan fingerprint density at radius 2 is 2.04 bits per heavy atom. The molecule has 0 radical (unpaired) electrons. The maximum atomic E-state index is 6.05. The Morgan fingerprint density at radius 1 is 1.18 bits per heavy atom. The van der Waals surface area contributed by atoms with Crippen LogP contribution < -0.4 is 15.0 Å². The van der Waals surface area contributed by atoms with Crippen LogP contribution in [0.25, 0.3) is 0 Å². The molecule has 28 heavy (non-hydrogen) atoms. The first-order valence-corrected chi connectivity index (χ1v) is 9.41. The maximum Gasteiger partial charge on any atom is 0.320 e.